The van der Waals surface area contributed by atoms with E-state index in [2.05, 4.69) is 41.0 Å². The van der Waals surface area contributed by atoms with E-state index in [0.29, 0.717) is 25.9 Å². The number of hydrogen-bond acceptors (Lipinski definition) is 6. The SMILES string of the molecule is COC(=O)N1CCC2(CC1)C[C@@H](CCN1CCN(c3ccc(C)cc3)CC1)OC2=O. The Morgan fingerprint density at radius 3 is 2.40 bits per heavy atom. The summed E-state index contributed by atoms with van der Waals surface area (Å²) in [5, 5.41) is 0. The fourth-order valence-corrected chi connectivity index (χ4v) is 4.96. The van der Waals surface area contributed by atoms with Crippen LogP contribution in [0.2, 0.25) is 0 Å². The van der Waals surface area contributed by atoms with Gasteiger partial charge in [0, 0.05) is 57.9 Å². The lowest BCUT2D eigenvalue weighted by Gasteiger charge is -2.36. The Kier molecular flexibility index (Phi) is 6.18. The first-order valence-electron chi connectivity index (χ1n) is 11.1. The number of aryl methyl sites for hydroxylation is 1. The highest BCUT2D eigenvalue weighted by atomic mass is 16.6. The number of methoxy groups -OCH3 is 1. The van der Waals surface area contributed by atoms with Crippen molar-refractivity contribution in [3.8, 4) is 0 Å². The lowest BCUT2D eigenvalue weighted by molar-refractivity contribution is -0.150. The first kappa shape index (κ1) is 21.0. The van der Waals surface area contributed by atoms with Gasteiger partial charge in [0.25, 0.3) is 0 Å². The molecule has 4 rings (SSSR count). The predicted molar refractivity (Wildman–Crippen MR) is 115 cm³/mol. The van der Waals surface area contributed by atoms with E-state index in [-0.39, 0.29) is 18.2 Å². The van der Waals surface area contributed by atoms with Crippen LogP contribution < -0.4 is 4.90 Å². The van der Waals surface area contributed by atoms with Crippen LogP contribution in [0.25, 0.3) is 0 Å². The minimum atomic E-state index is -0.403. The molecular weight excluding hydrogens is 382 g/mol. The van der Waals surface area contributed by atoms with E-state index in [1.165, 1.54) is 18.4 Å². The Bertz CT molecular complexity index is 750. The van der Waals surface area contributed by atoms with Crippen molar-refractivity contribution in [1.82, 2.24) is 9.80 Å². The molecule has 1 spiro atoms. The Morgan fingerprint density at radius 1 is 1.10 bits per heavy atom. The Hall–Kier alpha value is -2.28. The number of carbonyl (C=O) groups excluding carboxylic acids is 2. The van der Waals surface area contributed by atoms with E-state index in [1.807, 2.05) is 0 Å². The van der Waals surface area contributed by atoms with Crippen LogP contribution >= 0.6 is 0 Å². The highest BCUT2D eigenvalue weighted by Gasteiger charge is 2.50. The van der Waals surface area contributed by atoms with Gasteiger partial charge in [0.1, 0.15) is 6.10 Å². The fourth-order valence-electron chi connectivity index (χ4n) is 4.96. The zero-order valence-corrected chi connectivity index (χ0v) is 18.1. The van der Waals surface area contributed by atoms with Crippen LogP contribution in [0, 0.1) is 12.3 Å². The van der Waals surface area contributed by atoms with Crippen molar-refractivity contribution in [1.29, 1.82) is 0 Å². The van der Waals surface area contributed by atoms with Gasteiger partial charge in [-0.1, -0.05) is 17.7 Å². The quantitative estimate of drug-likeness (QED) is 0.705. The topological polar surface area (TPSA) is 62.3 Å². The molecule has 3 aliphatic heterocycles. The number of likely N-dealkylation sites (tertiary alicyclic amines) is 1. The van der Waals surface area contributed by atoms with Crippen molar-refractivity contribution in [2.75, 3.05) is 57.8 Å². The van der Waals surface area contributed by atoms with Crippen LogP contribution in [0.15, 0.2) is 24.3 Å². The summed E-state index contributed by atoms with van der Waals surface area (Å²) in [7, 11) is 1.40. The van der Waals surface area contributed by atoms with Crippen molar-refractivity contribution in [2.45, 2.75) is 38.7 Å². The molecule has 7 nitrogen and oxygen atoms in total. The van der Waals surface area contributed by atoms with Gasteiger partial charge < -0.3 is 19.3 Å². The zero-order valence-electron chi connectivity index (χ0n) is 18.1. The van der Waals surface area contributed by atoms with Crippen molar-refractivity contribution in [3.05, 3.63) is 29.8 Å². The Morgan fingerprint density at radius 2 is 1.77 bits per heavy atom. The smallest absolute Gasteiger partial charge is 0.409 e. The Labute approximate surface area is 178 Å². The van der Waals surface area contributed by atoms with Crippen molar-refractivity contribution in [3.63, 3.8) is 0 Å². The summed E-state index contributed by atoms with van der Waals surface area (Å²) in [5.74, 6) is -0.0683. The highest BCUT2D eigenvalue weighted by Crippen LogP contribution is 2.44. The summed E-state index contributed by atoms with van der Waals surface area (Å²) in [5.41, 5.74) is 2.18. The molecule has 30 heavy (non-hydrogen) atoms. The predicted octanol–water partition coefficient (Wildman–Crippen LogP) is 2.67. The number of nitrogens with zero attached hydrogens (tertiary/aromatic N) is 3. The Balaban J connectivity index is 1.22. The number of rotatable bonds is 4. The van der Waals surface area contributed by atoms with E-state index >= 15 is 0 Å². The maximum atomic E-state index is 12.6. The summed E-state index contributed by atoms with van der Waals surface area (Å²) in [6.45, 7) is 8.34. The average molecular weight is 416 g/mol. The van der Waals surface area contributed by atoms with Gasteiger partial charge in [0.2, 0.25) is 0 Å². The third-order valence-electron chi connectivity index (χ3n) is 7.02. The van der Waals surface area contributed by atoms with Gasteiger partial charge in [0.15, 0.2) is 0 Å². The minimum absolute atomic E-state index is 0.00250. The summed E-state index contributed by atoms with van der Waals surface area (Å²) < 4.78 is 10.6. The van der Waals surface area contributed by atoms with Gasteiger partial charge in [0.05, 0.1) is 12.5 Å². The van der Waals surface area contributed by atoms with Gasteiger partial charge in [-0.05, 0) is 38.3 Å². The number of amides is 1. The van der Waals surface area contributed by atoms with E-state index in [4.69, 9.17) is 9.47 Å². The fraction of sp³-hybridized carbons (Fsp3) is 0.652. The number of esters is 1. The third-order valence-corrected chi connectivity index (χ3v) is 7.02. The van der Waals surface area contributed by atoms with Gasteiger partial charge in [-0.2, -0.15) is 0 Å². The number of carbonyl (C=O) groups is 2. The monoisotopic (exact) mass is 415 g/mol. The number of cyclic esters (lactones) is 1. The second-order valence-corrected chi connectivity index (χ2v) is 8.92. The first-order valence-corrected chi connectivity index (χ1v) is 11.1. The van der Waals surface area contributed by atoms with Crippen LogP contribution in [0.4, 0.5) is 10.5 Å². The van der Waals surface area contributed by atoms with E-state index < -0.39 is 5.41 Å². The normalized spacial score (nSPS) is 24.2. The number of benzene rings is 1. The van der Waals surface area contributed by atoms with Crippen LogP contribution in [-0.2, 0) is 14.3 Å². The zero-order chi connectivity index (χ0) is 21.1. The van der Waals surface area contributed by atoms with Gasteiger partial charge in [-0.25, -0.2) is 4.79 Å². The van der Waals surface area contributed by atoms with Crippen LogP contribution in [-0.4, -0.2) is 80.9 Å². The minimum Gasteiger partial charge on any atom is -0.462 e. The number of hydrogen-bond donors (Lipinski definition) is 0. The molecule has 0 aliphatic carbocycles. The molecule has 0 unspecified atom stereocenters. The van der Waals surface area contributed by atoms with Gasteiger partial charge in [-0.3, -0.25) is 9.69 Å². The molecule has 1 aromatic carbocycles. The molecule has 7 heteroatoms. The number of piperidine rings is 1. The summed E-state index contributed by atoms with van der Waals surface area (Å²) in [6.07, 6.45) is 2.71. The maximum Gasteiger partial charge on any atom is 0.409 e. The van der Waals surface area contributed by atoms with Crippen molar-refractivity contribution < 1.29 is 19.1 Å². The lowest BCUT2D eigenvalue weighted by Crippen LogP contribution is -2.47. The number of ether oxygens (including phenoxy) is 2. The second-order valence-electron chi connectivity index (χ2n) is 8.92. The summed E-state index contributed by atoms with van der Waals surface area (Å²) in [6, 6.07) is 8.74. The molecule has 3 aliphatic rings. The van der Waals surface area contributed by atoms with Crippen molar-refractivity contribution >= 4 is 17.7 Å². The van der Waals surface area contributed by atoms with E-state index in [9.17, 15) is 9.59 Å². The first-order chi connectivity index (χ1) is 14.5. The summed E-state index contributed by atoms with van der Waals surface area (Å²) >= 11 is 0. The molecule has 0 aromatic heterocycles. The van der Waals surface area contributed by atoms with Crippen LogP contribution in [0.3, 0.4) is 0 Å². The lowest BCUT2D eigenvalue weighted by atomic mass is 9.76. The molecule has 0 N–H and O–H groups in total. The molecule has 3 saturated heterocycles. The number of anilines is 1. The molecule has 0 saturated carbocycles. The maximum absolute atomic E-state index is 12.6. The van der Waals surface area contributed by atoms with Crippen molar-refractivity contribution in [2.24, 2.45) is 5.41 Å². The molecule has 3 fully saturated rings. The molecule has 164 valence electrons. The molecule has 0 radical (unpaired) electrons. The van der Waals surface area contributed by atoms with Gasteiger partial charge >= 0.3 is 12.1 Å². The van der Waals surface area contributed by atoms with E-state index in [0.717, 1.165) is 45.6 Å². The third kappa shape index (κ3) is 4.41. The second kappa shape index (κ2) is 8.84. The summed E-state index contributed by atoms with van der Waals surface area (Å²) in [4.78, 5) is 30.9. The highest BCUT2D eigenvalue weighted by molar-refractivity contribution is 5.79. The van der Waals surface area contributed by atoms with Gasteiger partial charge in [-0.15, -0.1) is 0 Å². The molecule has 0 bridgehead atoms. The molecule has 1 amide bonds. The molecule has 1 aromatic rings. The largest absolute Gasteiger partial charge is 0.462 e. The molecule has 1 atom stereocenters. The number of piperazine rings is 1. The van der Waals surface area contributed by atoms with E-state index in [1.54, 1.807) is 4.90 Å². The van der Waals surface area contributed by atoms with Crippen LogP contribution in [0.5, 0.6) is 0 Å². The average Bonchev–Trinajstić information content (AvgIpc) is 3.08. The molecule has 3 heterocycles. The standard InChI is InChI=1S/C23H33N3O4/c1-18-3-5-19(6-4-18)25-15-13-24(14-16-25)10-7-20-17-23(21(27)30-20)8-11-26(12-9-23)22(28)29-2/h3-6,20H,7-17H2,1-2H3/t20-/m1/s1. The van der Waals surface area contributed by atoms with Crippen LogP contribution in [0.1, 0.15) is 31.2 Å². The molecular formula is C23H33N3O4.